The summed E-state index contributed by atoms with van der Waals surface area (Å²) in [6.07, 6.45) is 0.593. The molecule has 2 aromatic rings. The summed E-state index contributed by atoms with van der Waals surface area (Å²) in [6, 6.07) is 13.7. The SMILES string of the molecule is COc1ccccc1NCC(=O)NCCc1ccc(OC(F)F)cc1. The smallest absolute Gasteiger partial charge is 0.387 e. The van der Waals surface area contributed by atoms with Gasteiger partial charge in [-0.1, -0.05) is 24.3 Å². The first kappa shape index (κ1) is 18.5. The van der Waals surface area contributed by atoms with E-state index in [-0.39, 0.29) is 18.2 Å². The molecule has 0 heterocycles. The van der Waals surface area contributed by atoms with Crippen molar-refractivity contribution in [3.8, 4) is 11.5 Å². The molecule has 0 aliphatic carbocycles. The quantitative estimate of drug-likeness (QED) is 0.730. The molecule has 0 saturated carbocycles. The van der Waals surface area contributed by atoms with E-state index in [1.54, 1.807) is 19.2 Å². The first-order chi connectivity index (χ1) is 12.1. The van der Waals surface area contributed by atoms with Crippen LogP contribution in [-0.4, -0.2) is 32.7 Å². The Morgan fingerprint density at radius 1 is 1.12 bits per heavy atom. The molecule has 2 rings (SSSR count). The van der Waals surface area contributed by atoms with E-state index in [0.717, 1.165) is 11.3 Å². The van der Waals surface area contributed by atoms with E-state index in [2.05, 4.69) is 15.4 Å². The van der Waals surface area contributed by atoms with Crippen LogP contribution in [0, 0.1) is 0 Å². The lowest BCUT2D eigenvalue weighted by atomic mass is 10.1. The Bertz CT molecular complexity index is 678. The zero-order chi connectivity index (χ0) is 18.1. The number of alkyl halides is 2. The van der Waals surface area contributed by atoms with Crippen LogP contribution >= 0.6 is 0 Å². The van der Waals surface area contributed by atoms with Crippen LogP contribution in [0.4, 0.5) is 14.5 Å². The van der Waals surface area contributed by atoms with Crippen LogP contribution in [0.2, 0.25) is 0 Å². The predicted octanol–water partition coefficient (Wildman–Crippen LogP) is 3.07. The third-order valence-electron chi connectivity index (χ3n) is 3.43. The number of carbonyl (C=O) groups excluding carboxylic acids is 1. The molecule has 1 amide bonds. The van der Waals surface area contributed by atoms with E-state index in [9.17, 15) is 13.6 Å². The predicted molar refractivity (Wildman–Crippen MR) is 91.3 cm³/mol. The third kappa shape index (κ3) is 6.29. The van der Waals surface area contributed by atoms with E-state index < -0.39 is 6.61 Å². The molecule has 134 valence electrons. The molecular weight excluding hydrogens is 330 g/mol. The summed E-state index contributed by atoms with van der Waals surface area (Å²) in [6.45, 7) is -2.26. The van der Waals surface area contributed by atoms with Crippen molar-refractivity contribution in [2.75, 3.05) is 25.5 Å². The van der Waals surface area contributed by atoms with Crippen LogP contribution < -0.4 is 20.1 Å². The first-order valence-corrected chi connectivity index (χ1v) is 7.76. The van der Waals surface area contributed by atoms with Crippen molar-refractivity contribution in [2.45, 2.75) is 13.0 Å². The van der Waals surface area contributed by atoms with Crippen LogP contribution in [-0.2, 0) is 11.2 Å². The molecule has 7 heteroatoms. The van der Waals surface area contributed by atoms with Gasteiger partial charge in [0.25, 0.3) is 0 Å². The average molecular weight is 350 g/mol. The van der Waals surface area contributed by atoms with E-state index >= 15 is 0 Å². The molecule has 0 aliphatic heterocycles. The molecule has 0 atom stereocenters. The second-order valence-electron chi connectivity index (χ2n) is 5.18. The summed E-state index contributed by atoms with van der Waals surface area (Å²) in [5, 5.41) is 5.81. The van der Waals surface area contributed by atoms with Gasteiger partial charge in [0, 0.05) is 6.54 Å². The van der Waals surface area contributed by atoms with Gasteiger partial charge in [-0.3, -0.25) is 4.79 Å². The summed E-state index contributed by atoms with van der Waals surface area (Å²) < 4.78 is 33.6. The monoisotopic (exact) mass is 350 g/mol. The van der Waals surface area contributed by atoms with Gasteiger partial charge in [-0.2, -0.15) is 8.78 Å². The molecule has 0 aromatic heterocycles. The standard InChI is InChI=1S/C18H20F2N2O3/c1-24-16-5-3-2-4-15(16)22-12-17(23)21-11-10-13-6-8-14(9-7-13)25-18(19)20/h2-9,18,22H,10-12H2,1H3,(H,21,23). The Balaban J connectivity index is 1.71. The number of nitrogens with one attached hydrogen (secondary N) is 2. The Kier molecular flexibility index (Phi) is 7.00. The van der Waals surface area contributed by atoms with Gasteiger partial charge in [0.1, 0.15) is 11.5 Å². The fourth-order valence-corrected chi connectivity index (χ4v) is 2.21. The number of rotatable bonds is 9. The highest BCUT2D eigenvalue weighted by atomic mass is 19.3. The second-order valence-corrected chi connectivity index (χ2v) is 5.18. The van der Waals surface area contributed by atoms with Crippen LogP contribution in [0.1, 0.15) is 5.56 Å². The minimum Gasteiger partial charge on any atom is -0.495 e. The Hall–Kier alpha value is -2.83. The number of hydrogen-bond donors (Lipinski definition) is 2. The highest BCUT2D eigenvalue weighted by molar-refractivity contribution is 5.81. The van der Waals surface area contributed by atoms with E-state index in [1.807, 2.05) is 24.3 Å². The molecule has 0 unspecified atom stereocenters. The maximum Gasteiger partial charge on any atom is 0.387 e. The Morgan fingerprint density at radius 3 is 2.52 bits per heavy atom. The maximum absolute atomic E-state index is 12.1. The fourth-order valence-electron chi connectivity index (χ4n) is 2.21. The zero-order valence-corrected chi connectivity index (χ0v) is 13.8. The maximum atomic E-state index is 12.1. The summed E-state index contributed by atoms with van der Waals surface area (Å²) >= 11 is 0. The van der Waals surface area contributed by atoms with Crippen molar-refractivity contribution in [3.05, 3.63) is 54.1 Å². The summed E-state index contributed by atoms with van der Waals surface area (Å²) in [5.74, 6) is 0.633. The topological polar surface area (TPSA) is 59.6 Å². The molecule has 0 radical (unpaired) electrons. The first-order valence-electron chi connectivity index (χ1n) is 7.76. The average Bonchev–Trinajstić information content (AvgIpc) is 2.61. The normalized spacial score (nSPS) is 10.4. The van der Waals surface area contributed by atoms with Gasteiger partial charge in [-0.25, -0.2) is 0 Å². The number of amides is 1. The summed E-state index contributed by atoms with van der Waals surface area (Å²) in [4.78, 5) is 11.9. The Morgan fingerprint density at radius 2 is 1.84 bits per heavy atom. The second kappa shape index (κ2) is 9.46. The number of benzene rings is 2. The minimum absolute atomic E-state index is 0.115. The van der Waals surface area contributed by atoms with Crippen molar-refractivity contribution in [3.63, 3.8) is 0 Å². The highest BCUT2D eigenvalue weighted by Gasteiger charge is 2.06. The van der Waals surface area contributed by atoms with Crippen LogP contribution in [0.15, 0.2) is 48.5 Å². The van der Waals surface area contributed by atoms with Crippen molar-refractivity contribution in [1.82, 2.24) is 5.32 Å². The van der Waals surface area contributed by atoms with Crippen LogP contribution in [0.5, 0.6) is 11.5 Å². The lowest BCUT2D eigenvalue weighted by molar-refractivity contribution is -0.119. The largest absolute Gasteiger partial charge is 0.495 e. The van der Waals surface area contributed by atoms with E-state index in [0.29, 0.717) is 18.7 Å². The van der Waals surface area contributed by atoms with Gasteiger partial charge in [0.2, 0.25) is 5.91 Å². The van der Waals surface area contributed by atoms with Crippen LogP contribution in [0.3, 0.4) is 0 Å². The number of anilines is 1. The summed E-state index contributed by atoms with van der Waals surface area (Å²) in [7, 11) is 1.57. The Labute approximate surface area is 144 Å². The van der Waals surface area contributed by atoms with Crippen molar-refractivity contribution in [1.29, 1.82) is 0 Å². The molecule has 0 aliphatic rings. The molecule has 0 fully saturated rings. The number of ether oxygens (including phenoxy) is 2. The number of carbonyl (C=O) groups is 1. The molecule has 0 bridgehead atoms. The minimum atomic E-state index is -2.83. The number of methoxy groups -OCH3 is 1. The van der Waals surface area contributed by atoms with Gasteiger partial charge in [-0.15, -0.1) is 0 Å². The van der Waals surface area contributed by atoms with Gasteiger partial charge in [0.15, 0.2) is 0 Å². The van der Waals surface area contributed by atoms with Gasteiger partial charge in [0.05, 0.1) is 19.3 Å². The molecule has 2 N–H and O–H groups in total. The van der Waals surface area contributed by atoms with Crippen molar-refractivity contribution < 1.29 is 23.0 Å². The third-order valence-corrected chi connectivity index (χ3v) is 3.43. The molecular formula is C18H20F2N2O3. The number of para-hydroxylation sites is 2. The molecule has 0 saturated heterocycles. The van der Waals surface area contributed by atoms with Gasteiger partial charge in [-0.05, 0) is 36.2 Å². The number of hydrogen-bond acceptors (Lipinski definition) is 4. The molecule has 0 spiro atoms. The lowest BCUT2D eigenvalue weighted by Crippen LogP contribution is -2.31. The van der Waals surface area contributed by atoms with Crippen molar-refractivity contribution in [2.24, 2.45) is 0 Å². The van der Waals surface area contributed by atoms with Crippen molar-refractivity contribution >= 4 is 11.6 Å². The molecule has 25 heavy (non-hydrogen) atoms. The lowest BCUT2D eigenvalue weighted by Gasteiger charge is -2.11. The zero-order valence-electron chi connectivity index (χ0n) is 13.8. The van der Waals surface area contributed by atoms with Gasteiger partial charge >= 0.3 is 6.61 Å². The molecule has 5 nitrogen and oxygen atoms in total. The highest BCUT2D eigenvalue weighted by Crippen LogP contribution is 2.22. The van der Waals surface area contributed by atoms with E-state index in [4.69, 9.17) is 4.74 Å². The van der Waals surface area contributed by atoms with Gasteiger partial charge < -0.3 is 20.1 Å². The van der Waals surface area contributed by atoms with Crippen LogP contribution in [0.25, 0.3) is 0 Å². The number of halogens is 2. The molecule has 2 aromatic carbocycles. The fraction of sp³-hybridized carbons (Fsp3) is 0.278. The van der Waals surface area contributed by atoms with E-state index in [1.165, 1.54) is 12.1 Å². The summed E-state index contributed by atoms with van der Waals surface area (Å²) in [5.41, 5.74) is 1.66.